The molecule has 86 valence electrons. The third kappa shape index (κ3) is 2.31. The number of hydrogen-bond donors (Lipinski definition) is 1. The second-order valence-electron chi connectivity index (χ2n) is 3.41. The summed E-state index contributed by atoms with van der Waals surface area (Å²) in [5, 5.41) is 13.3. The summed E-state index contributed by atoms with van der Waals surface area (Å²) in [6.45, 7) is 5.71. The summed E-state index contributed by atoms with van der Waals surface area (Å²) in [5.41, 5.74) is 1.27. The summed E-state index contributed by atoms with van der Waals surface area (Å²) in [5.74, 6) is 1.28. The van der Waals surface area contributed by atoms with Crippen LogP contribution in [0.5, 0.6) is 0 Å². The van der Waals surface area contributed by atoms with Gasteiger partial charge >= 0.3 is 0 Å². The molecule has 5 heteroatoms. The summed E-state index contributed by atoms with van der Waals surface area (Å²) >= 11 is 1.65. The largest absolute Gasteiger partial charge is 0.419 e. The topological polar surface area (TPSA) is 51.0 Å². The molecular formula is C11H15N3OS. The zero-order valence-electron chi connectivity index (χ0n) is 9.49. The Morgan fingerprint density at radius 2 is 2.25 bits per heavy atom. The molecule has 0 amide bonds. The number of aryl methyl sites for hydroxylation is 1. The summed E-state index contributed by atoms with van der Waals surface area (Å²) < 4.78 is 5.60. The Bertz CT molecular complexity index is 450. The molecule has 4 nitrogen and oxygen atoms in total. The van der Waals surface area contributed by atoms with Crippen molar-refractivity contribution < 1.29 is 4.42 Å². The first-order chi connectivity index (χ1) is 7.85. The Kier molecular flexibility index (Phi) is 3.69. The lowest BCUT2D eigenvalue weighted by Crippen LogP contribution is -2.11. The zero-order valence-corrected chi connectivity index (χ0v) is 10.3. The van der Waals surface area contributed by atoms with E-state index in [0.29, 0.717) is 18.3 Å². The molecule has 0 bridgehead atoms. The van der Waals surface area contributed by atoms with Gasteiger partial charge in [0.25, 0.3) is 5.89 Å². The van der Waals surface area contributed by atoms with Gasteiger partial charge in [0.05, 0.1) is 11.4 Å². The number of hydrogen-bond acceptors (Lipinski definition) is 5. The van der Waals surface area contributed by atoms with Gasteiger partial charge in [-0.3, -0.25) is 0 Å². The summed E-state index contributed by atoms with van der Waals surface area (Å²) in [6, 6.07) is 2.11. The van der Waals surface area contributed by atoms with Crippen molar-refractivity contribution in [2.75, 3.05) is 6.54 Å². The molecule has 0 atom stereocenters. The van der Waals surface area contributed by atoms with Crippen molar-refractivity contribution in [1.29, 1.82) is 0 Å². The van der Waals surface area contributed by atoms with Gasteiger partial charge in [0.15, 0.2) is 0 Å². The van der Waals surface area contributed by atoms with E-state index in [0.717, 1.165) is 17.8 Å². The third-order valence-electron chi connectivity index (χ3n) is 2.31. The van der Waals surface area contributed by atoms with Crippen LogP contribution < -0.4 is 5.32 Å². The van der Waals surface area contributed by atoms with Gasteiger partial charge in [-0.15, -0.1) is 21.5 Å². The Balaban J connectivity index is 2.18. The Morgan fingerprint density at radius 1 is 1.38 bits per heavy atom. The van der Waals surface area contributed by atoms with Crippen molar-refractivity contribution >= 4 is 11.3 Å². The summed E-state index contributed by atoms with van der Waals surface area (Å²) in [4.78, 5) is 1.10. The van der Waals surface area contributed by atoms with Crippen LogP contribution in [0.1, 0.15) is 25.3 Å². The van der Waals surface area contributed by atoms with Crippen LogP contribution in [0.25, 0.3) is 10.8 Å². The predicted octanol–water partition coefficient (Wildman–Crippen LogP) is 2.47. The van der Waals surface area contributed by atoms with E-state index < -0.39 is 0 Å². The standard InChI is InChI=1S/C11H15N3OS/c1-3-8-5-6-16-10(8)11-14-13-9(15-11)7-12-4-2/h5-6,12H,3-4,7H2,1-2H3. The first kappa shape index (κ1) is 11.3. The maximum atomic E-state index is 5.60. The van der Waals surface area contributed by atoms with Crippen LogP contribution in [0.15, 0.2) is 15.9 Å². The second kappa shape index (κ2) is 5.23. The fraction of sp³-hybridized carbons (Fsp3) is 0.455. The molecule has 0 radical (unpaired) electrons. The van der Waals surface area contributed by atoms with E-state index in [-0.39, 0.29) is 0 Å². The average Bonchev–Trinajstić information content (AvgIpc) is 2.94. The number of nitrogens with zero attached hydrogens (tertiary/aromatic N) is 2. The molecule has 1 N–H and O–H groups in total. The molecule has 0 aliphatic heterocycles. The fourth-order valence-electron chi connectivity index (χ4n) is 1.45. The smallest absolute Gasteiger partial charge is 0.258 e. The van der Waals surface area contributed by atoms with Crippen molar-refractivity contribution in [1.82, 2.24) is 15.5 Å². The lowest BCUT2D eigenvalue weighted by molar-refractivity contribution is 0.482. The first-order valence-electron chi connectivity index (χ1n) is 5.45. The van der Waals surface area contributed by atoms with Gasteiger partial charge in [-0.2, -0.15) is 0 Å². The molecule has 16 heavy (non-hydrogen) atoms. The lowest BCUT2D eigenvalue weighted by atomic mass is 10.2. The van der Waals surface area contributed by atoms with Crippen LogP contribution in [-0.2, 0) is 13.0 Å². The van der Waals surface area contributed by atoms with Crippen molar-refractivity contribution in [3.05, 3.63) is 22.9 Å². The van der Waals surface area contributed by atoms with E-state index >= 15 is 0 Å². The fourth-order valence-corrected chi connectivity index (χ4v) is 2.37. The van der Waals surface area contributed by atoms with Gasteiger partial charge in [-0.1, -0.05) is 13.8 Å². The Hall–Kier alpha value is -1.20. The molecule has 0 aliphatic carbocycles. The van der Waals surface area contributed by atoms with E-state index in [1.807, 2.05) is 6.92 Å². The SMILES string of the molecule is CCNCc1nnc(-c2sccc2CC)o1. The Morgan fingerprint density at radius 3 is 3.00 bits per heavy atom. The van der Waals surface area contributed by atoms with Crippen molar-refractivity contribution in [3.63, 3.8) is 0 Å². The van der Waals surface area contributed by atoms with Crippen LogP contribution in [0.4, 0.5) is 0 Å². The molecule has 2 heterocycles. The molecule has 2 aromatic heterocycles. The van der Waals surface area contributed by atoms with E-state index in [9.17, 15) is 0 Å². The molecule has 0 aromatic carbocycles. The van der Waals surface area contributed by atoms with Gasteiger partial charge in [0, 0.05) is 0 Å². The van der Waals surface area contributed by atoms with Crippen LogP contribution in [0.3, 0.4) is 0 Å². The van der Waals surface area contributed by atoms with Crippen LogP contribution in [0.2, 0.25) is 0 Å². The zero-order chi connectivity index (χ0) is 11.4. The number of aromatic nitrogens is 2. The van der Waals surface area contributed by atoms with Crippen LogP contribution in [0, 0.1) is 0 Å². The first-order valence-corrected chi connectivity index (χ1v) is 6.33. The highest BCUT2D eigenvalue weighted by Crippen LogP contribution is 2.28. The predicted molar refractivity (Wildman–Crippen MR) is 64.4 cm³/mol. The summed E-state index contributed by atoms with van der Waals surface area (Å²) in [6.07, 6.45) is 0.990. The molecule has 2 aromatic rings. The van der Waals surface area contributed by atoms with E-state index in [1.54, 1.807) is 11.3 Å². The van der Waals surface area contributed by atoms with Crippen molar-refractivity contribution in [2.24, 2.45) is 0 Å². The number of rotatable bonds is 5. The van der Waals surface area contributed by atoms with Crippen molar-refractivity contribution in [2.45, 2.75) is 26.8 Å². The molecule has 0 fully saturated rings. The molecular weight excluding hydrogens is 222 g/mol. The lowest BCUT2D eigenvalue weighted by Gasteiger charge is -1.95. The summed E-state index contributed by atoms with van der Waals surface area (Å²) in [7, 11) is 0. The molecule has 0 spiro atoms. The number of nitrogens with one attached hydrogen (secondary N) is 1. The minimum atomic E-state index is 0.635. The van der Waals surface area contributed by atoms with Crippen molar-refractivity contribution in [3.8, 4) is 10.8 Å². The maximum absolute atomic E-state index is 5.60. The van der Waals surface area contributed by atoms with Gasteiger partial charge in [-0.05, 0) is 30.0 Å². The quantitative estimate of drug-likeness (QED) is 0.868. The normalized spacial score (nSPS) is 10.9. The molecule has 2 rings (SSSR count). The van der Waals surface area contributed by atoms with Gasteiger partial charge in [0.1, 0.15) is 0 Å². The Labute approximate surface area is 98.7 Å². The molecule has 0 unspecified atom stereocenters. The molecule has 0 aliphatic rings. The highest BCUT2D eigenvalue weighted by molar-refractivity contribution is 7.13. The molecule has 0 saturated carbocycles. The monoisotopic (exact) mass is 237 g/mol. The molecule has 0 saturated heterocycles. The van der Waals surface area contributed by atoms with E-state index in [4.69, 9.17) is 4.42 Å². The second-order valence-corrected chi connectivity index (χ2v) is 4.33. The third-order valence-corrected chi connectivity index (χ3v) is 3.26. The average molecular weight is 237 g/mol. The van der Waals surface area contributed by atoms with Gasteiger partial charge in [0.2, 0.25) is 5.89 Å². The van der Waals surface area contributed by atoms with E-state index in [1.165, 1.54) is 5.56 Å². The van der Waals surface area contributed by atoms with Crippen LogP contribution >= 0.6 is 11.3 Å². The van der Waals surface area contributed by atoms with E-state index in [2.05, 4.69) is 33.9 Å². The highest BCUT2D eigenvalue weighted by Gasteiger charge is 2.12. The van der Waals surface area contributed by atoms with Gasteiger partial charge < -0.3 is 9.73 Å². The minimum absolute atomic E-state index is 0.635. The number of thiophene rings is 1. The maximum Gasteiger partial charge on any atom is 0.258 e. The van der Waals surface area contributed by atoms with Crippen LogP contribution in [-0.4, -0.2) is 16.7 Å². The van der Waals surface area contributed by atoms with Gasteiger partial charge in [-0.25, -0.2) is 0 Å². The minimum Gasteiger partial charge on any atom is -0.419 e. The highest BCUT2D eigenvalue weighted by atomic mass is 32.1.